The number of aliphatic hydroxyl groups is 2. The van der Waals surface area contributed by atoms with E-state index in [0.29, 0.717) is 24.2 Å². The van der Waals surface area contributed by atoms with Gasteiger partial charge in [-0.15, -0.1) is 0 Å². The summed E-state index contributed by atoms with van der Waals surface area (Å²) in [7, 11) is 0. The minimum absolute atomic E-state index is 0.0770. The first-order chi connectivity index (χ1) is 13.1. The molecule has 1 atom stereocenters. The van der Waals surface area contributed by atoms with E-state index in [4.69, 9.17) is 4.74 Å². The zero-order valence-electron chi connectivity index (χ0n) is 15.2. The minimum Gasteiger partial charge on any atom is -0.457 e. The lowest BCUT2D eigenvalue weighted by Gasteiger charge is -2.26. The standard InChI is InChI=1S/C21H26N2O4/c24-17-11-9-16(10-12-17)23-21(26)22-14-20(25)15-5-4-8-19(13-15)27-18-6-2-1-3-7-18/h1-8,13,16-17,20,24-25H,9-12,14H2,(H2,22,23,26)/t16?,17?,20-/m0/s1. The third-order valence-corrected chi connectivity index (χ3v) is 4.71. The molecule has 0 bridgehead atoms. The Morgan fingerprint density at radius 3 is 2.48 bits per heavy atom. The molecule has 6 heteroatoms. The normalized spacial score (nSPS) is 20.5. The molecular weight excluding hydrogens is 344 g/mol. The summed E-state index contributed by atoms with van der Waals surface area (Å²) >= 11 is 0. The van der Waals surface area contributed by atoms with Gasteiger partial charge in [0.15, 0.2) is 0 Å². The van der Waals surface area contributed by atoms with E-state index in [1.54, 1.807) is 12.1 Å². The van der Waals surface area contributed by atoms with Crippen LogP contribution in [-0.4, -0.2) is 34.9 Å². The molecule has 6 nitrogen and oxygen atoms in total. The first kappa shape index (κ1) is 19.2. The topological polar surface area (TPSA) is 90.8 Å². The second-order valence-electron chi connectivity index (χ2n) is 6.86. The number of ether oxygens (including phenoxy) is 1. The van der Waals surface area contributed by atoms with Crippen molar-refractivity contribution < 1.29 is 19.7 Å². The van der Waals surface area contributed by atoms with Crippen LogP contribution in [0.15, 0.2) is 54.6 Å². The van der Waals surface area contributed by atoms with Gasteiger partial charge in [-0.05, 0) is 55.5 Å². The third-order valence-electron chi connectivity index (χ3n) is 4.71. The van der Waals surface area contributed by atoms with Gasteiger partial charge >= 0.3 is 6.03 Å². The molecule has 2 aromatic carbocycles. The lowest BCUT2D eigenvalue weighted by atomic mass is 9.93. The SMILES string of the molecule is O=C(NC[C@H](O)c1cccc(Oc2ccccc2)c1)NC1CCC(O)CC1. The number of rotatable bonds is 6. The number of para-hydroxylation sites is 1. The van der Waals surface area contributed by atoms with Gasteiger partial charge in [-0.1, -0.05) is 30.3 Å². The quantitative estimate of drug-likeness (QED) is 0.629. The lowest BCUT2D eigenvalue weighted by Crippen LogP contribution is -2.45. The van der Waals surface area contributed by atoms with Crippen molar-refractivity contribution >= 4 is 6.03 Å². The van der Waals surface area contributed by atoms with Crippen LogP contribution in [0.3, 0.4) is 0 Å². The monoisotopic (exact) mass is 370 g/mol. The van der Waals surface area contributed by atoms with Crippen LogP contribution in [0.5, 0.6) is 11.5 Å². The summed E-state index contributed by atoms with van der Waals surface area (Å²) in [6.07, 6.45) is 1.89. The molecule has 1 saturated carbocycles. The van der Waals surface area contributed by atoms with Gasteiger partial charge in [-0.25, -0.2) is 4.79 Å². The molecule has 0 spiro atoms. The second kappa shape index (κ2) is 9.39. The van der Waals surface area contributed by atoms with Crippen molar-refractivity contribution in [2.75, 3.05) is 6.54 Å². The molecular formula is C21H26N2O4. The van der Waals surface area contributed by atoms with Gasteiger partial charge in [0.1, 0.15) is 11.5 Å². The minimum atomic E-state index is -0.830. The lowest BCUT2D eigenvalue weighted by molar-refractivity contribution is 0.117. The van der Waals surface area contributed by atoms with Crippen molar-refractivity contribution in [3.8, 4) is 11.5 Å². The number of aliphatic hydroxyl groups excluding tert-OH is 2. The molecule has 0 saturated heterocycles. The van der Waals surface area contributed by atoms with E-state index >= 15 is 0 Å². The fraction of sp³-hybridized carbons (Fsp3) is 0.381. The molecule has 144 valence electrons. The molecule has 0 aliphatic heterocycles. The predicted octanol–water partition coefficient (Wildman–Crippen LogP) is 3.12. The Bertz CT molecular complexity index is 730. The van der Waals surface area contributed by atoms with Crippen molar-refractivity contribution in [2.45, 2.75) is 43.9 Å². The predicted molar refractivity (Wildman–Crippen MR) is 103 cm³/mol. The van der Waals surface area contributed by atoms with E-state index in [1.165, 1.54) is 0 Å². The van der Waals surface area contributed by atoms with E-state index in [9.17, 15) is 15.0 Å². The number of urea groups is 1. The number of nitrogens with one attached hydrogen (secondary N) is 2. The molecule has 0 aromatic heterocycles. The van der Waals surface area contributed by atoms with Crippen LogP contribution in [-0.2, 0) is 0 Å². The summed E-state index contributed by atoms with van der Waals surface area (Å²) in [5, 5.41) is 25.5. The highest BCUT2D eigenvalue weighted by Gasteiger charge is 2.21. The van der Waals surface area contributed by atoms with Crippen LogP contribution in [0.25, 0.3) is 0 Å². The molecule has 2 amide bonds. The maximum Gasteiger partial charge on any atom is 0.315 e. The highest BCUT2D eigenvalue weighted by atomic mass is 16.5. The average Bonchev–Trinajstić information content (AvgIpc) is 2.69. The maximum absolute atomic E-state index is 12.0. The number of hydrogen-bond donors (Lipinski definition) is 4. The molecule has 1 aliphatic rings. The van der Waals surface area contributed by atoms with Gasteiger partial charge in [0.05, 0.1) is 12.2 Å². The molecule has 4 N–H and O–H groups in total. The number of hydrogen-bond acceptors (Lipinski definition) is 4. The van der Waals surface area contributed by atoms with Gasteiger partial charge in [0, 0.05) is 12.6 Å². The van der Waals surface area contributed by atoms with E-state index in [-0.39, 0.29) is 24.7 Å². The highest BCUT2D eigenvalue weighted by molar-refractivity contribution is 5.74. The second-order valence-corrected chi connectivity index (χ2v) is 6.86. The molecule has 2 aromatic rings. The van der Waals surface area contributed by atoms with Crippen LogP contribution in [0.1, 0.15) is 37.4 Å². The smallest absolute Gasteiger partial charge is 0.315 e. The average molecular weight is 370 g/mol. The van der Waals surface area contributed by atoms with Crippen molar-refractivity contribution in [1.29, 1.82) is 0 Å². The Balaban J connectivity index is 1.48. The number of carbonyl (C=O) groups is 1. The van der Waals surface area contributed by atoms with E-state index in [2.05, 4.69) is 10.6 Å². The number of benzene rings is 2. The molecule has 27 heavy (non-hydrogen) atoms. The van der Waals surface area contributed by atoms with Crippen LogP contribution >= 0.6 is 0 Å². The van der Waals surface area contributed by atoms with Gasteiger partial charge in [0.2, 0.25) is 0 Å². The summed E-state index contributed by atoms with van der Waals surface area (Å²) in [4.78, 5) is 12.0. The van der Waals surface area contributed by atoms with Gasteiger partial charge in [-0.3, -0.25) is 0 Å². The van der Waals surface area contributed by atoms with Gasteiger partial charge < -0.3 is 25.6 Å². The largest absolute Gasteiger partial charge is 0.457 e. The Kier molecular flexibility index (Phi) is 6.68. The van der Waals surface area contributed by atoms with E-state index in [0.717, 1.165) is 18.6 Å². The molecule has 3 rings (SSSR count). The van der Waals surface area contributed by atoms with Crippen LogP contribution in [0.4, 0.5) is 4.79 Å². The van der Waals surface area contributed by atoms with E-state index in [1.807, 2.05) is 42.5 Å². The number of carbonyl (C=O) groups excluding carboxylic acids is 1. The van der Waals surface area contributed by atoms with Gasteiger partial charge in [0.25, 0.3) is 0 Å². The maximum atomic E-state index is 12.0. The van der Waals surface area contributed by atoms with Crippen molar-refractivity contribution in [2.24, 2.45) is 0 Å². The Hall–Kier alpha value is -2.57. The Morgan fingerprint density at radius 1 is 1.04 bits per heavy atom. The summed E-state index contributed by atoms with van der Waals surface area (Å²) in [5.74, 6) is 1.35. The molecule has 0 radical (unpaired) electrons. The number of amides is 2. The zero-order valence-corrected chi connectivity index (χ0v) is 15.2. The summed E-state index contributed by atoms with van der Waals surface area (Å²) in [6.45, 7) is 0.107. The zero-order chi connectivity index (χ0) is 19.1. The first-order valence-electron chi connectivity index (χ1n) is 9.33. The van der Waals surface area contributed by atoms with Crippen molar-refractivity contribution in [3.05, 3.63) is 60.2 Å². The highest BCUT2D eigenvalue weighted by Crippen LogP contribution is 2.24. The van der Waals surface area contributed by atoms with Crippen LogP contribution < -0.4 is 15.4 Å². The first-order valence-corrected chi connectivity index (χ1v) is 9.33. The van der Waals surface area contributed by atoms with E-state index < -0.39 is 6.10 Å². The Morgan fingerprint density at radius 2 is 1.74 bits per heavy atom. The van der Waals surface area contributed by atoms with Crippen LogP contribution in [0, 0.1) is 0 Å². The van der Waals surface area contributed by atoms with Crippen molar-refractivity contribution in [1.82, 2.24) is 10.6 Å². The molecule has 0 heterocycles. The fourth-order valence-electron chi connectivity index (χ4n) is 3.17. The Labute approximate surface area is 159 Å². The van der Waals surface area contributed by atoms with Crippen LogP contribution in [0.2, 0.25) is 0 Å². The molecule has 0 unspecified atom stereocenters. The molecule has 1 fully saturated rings. The summed E-state index contributed by atoms with van der Waals surface area (Å²) in [5.41, 5.74) is 0.671. The molecule has 1 aliphatic carbocycles. The van der Waals surface area contributed by atoms with Gasteiger partial charge in [-0.2, -0.15) is 0 Å². The summed E-state index contributed by atoms with van der Waals surface area (Å²) < 4.78 is 5.77. The third kappa shape index (κ3) is 5.98. The summed E-state index contributed by atoms with van der Waals surface area (Å²) in [6, 6.07) is 16.4. The fourth-order valence-corrected chi connectivity index (χ4v) is 3.17. The van der Waals surface area contributed by atoms with Crippen molar-refractivity contribution in [3.63, 3.8) is 0 Å².